The van der Waals surface area contributed by atoms with Gasteiger partial charge in [-0.25, -0.2) is 9.50 Å². The zero-order chi connectivity index (χ0) is 17.5. The summed E-state index contributed by atoms with van der Waals surface area (Å²) in [5, 5.41) is 23.5. The SMILES string of the molecule is COC(C#N)(CO)[C@H]1OC(C)(C)O[C@H]1c1ccc2c(N)ncnn12. The molecular formula is C15H19N5O4. The molecule has 2 aromatic heterocycles. The highest BCUT2D eigenvalue weighted by molar-refractivity contribution is 5.65. The first kappa shape index (κ1) is 16.6. The molecule has 9 nitrogen and oxygen atoms in total. The number of methoxy groups -OCH3 is 1. The Kier molecular flexibility index (Phi) is 3.93. The van der Waals surface area contributed by atoms with Gasteiger partial charge in [-0.1, -0.05) is 0 Å². The largest absolute Gasteiger partial charge is 0.392 e. The molecule has 0 spiro atoms. The van der Waals surface area contributed by atoms with Crippen molar-refractivity contribution < 1.29 is 19.3 Å². The number of anilines is 1. The molecule has 0 radical (unpaired) electrons. The topological polar surface area (TPSA) is 128 Å². The predicted molar refractivity (Wildman–Crippen MR) is 82.6 cm³/mol. The number of rotatable bonds is 4. The van der Waals surface area contributed by atoms with Crippen LogP contribution in [0.3, 0.4) is 0 Å². The maximum absolute atomic E-state index is 9.74. The zero-order valence-electron chi connectivity index (χ0n) is 13.6. The molecule has 0 bridgehead atoms. The smallest absolute Gasteiger partial charge is 0.205 e. The van der Waals surface area contributed by atoms with Gasteiger partial charge in [0.25, 0.3) is 0 Å². The molecule has 0 saturated carbocycles. The molecule has 1 unspecified atom stereocenters. The van der Waals surface area contributed by atoms with Gasteiger partial charge in [-0.2, -0.15) is 10.4 Å². The van der Waals surface area contributed by atoms with E-state index in [0.717, 1.165) is 0 Å². The minimum atomic E-state index is -1.57. The molecule has 1 aliphatic rings. The van der Waals surface area contributed by atoms with Gasteiger partial charge in [0.1, 0.15) is 30.1 Å². The van der Waals surface area contributed by atoms with Crippen molar-refractivity contribution in [3.8, 4) is 6.07 Å². The predicted octanol–water partition coefficient (Wildman–Crippen LogP) is 0.405. The summed E-state index contributed by atoms with van der Waals surface area (Å²) in [6.07, 6.45) is -0.216. The van der Waals surface area contributed by atoms with Crippen molar-refractivity contribution in [3.05, 3.63) is 24.2 Å². The van der Waals surface area contributed by atoms with Crippen molar-refractivity contribution in [1.82, 2.24) is 14.6 Å². The molecule has 9 heteroatoms. The number of ether oxygens (including phenoxy) is 3. The highest BCUT2D eigenvalue weighted by atomic mass is 16.8. The summed E-state index contributed by atoms with van der Waals surface area (Å²) >= 11 is 0. The lowest BCUT2D eigenvalue weighted by Gasteiger charge is -2.31. The third-order valence-corrected chi connectivity index (χ3v) is 4.15. The normalized spacial score (nSPS) is 25.5. The Morgan fingerprint density at radius 3 is 2.88 bits per heavy atom. The van der Waals surface area contributed by atoms with Crippen LogP contribution in [-0.4, -0.2) is 50.9 Å². The molecule has 3 atom stereocenters. The van der Waals surface area contributed by atoms with Gasteiger partial charge < -0.3 is 25.1 Å². The van der Waals surface area contributed by atoms with Crippen molar-refractivity contribution in [2.45, 2.75) is 37.4 Å². The van der Waals surface area contributed by atoms with E-state index in [9.17, 15) is 10.4 Å². The molecule has 24 heavy (non-hydrogen) atoms. The number of hydrogen-bond acceptors (Lipinski definition) is 8. The first-order valence-electron chi connectivity index (χ1n) is 7.38. The Morgan fingerprint density at radius 1 is 1.50 bits per heavy atom. The lowest BCUT2D eigenvalue weighted by atomic mass is 9.93. The second kappa shape index (κ2) is 5.68. The van der Waals surface area contributed by atoms with Crippen LogP contribution in [0, 0.1) is 11.3 Å². The van der Waals surface area contributed by atoms with Gasteiger partial charge in [0.2, 0.25) is 5.60 Å². The average Bonchev–Trinajstić information content (AvgIpc) is 3.12. The second-order valence-electron chi connectivity index (χ2n) is 6.04. The van der Waals surface area contributed by atoms with E-state index in [1.165, 1.54) is 13.4 Å². The summed E-state index contributed by atoms with van der Waals surface area (Å²) < 4.78 is 18.7. The van der Waals surface area contributed by atoms with E-state index in [-0.39, 0.29) is 0 Å². The first-order valence-corrected chi connectivity index (χ1v) is 7.38. The fourth-order valence-corrected chi connectivity index (χ4v) is 2.92. The molecule has 1 aliphatic heterocycles. The summed E-state index contributed by atoms with van der Waals surface area (Å²) in [5.74, 6) is -0.639. The molecule has 1 saturated heterocycles. The maximum atomic E-state index is 9.74. The Morgan fingerprint density at radius 2 is 2.25 bits per heavy atom. The van der Waals surface area contributed by atoms with Crippen LogP contribution < -0.4 is 5.73 Å². The van der Waals surface area contributed by atoms with Crippen molar-refractivity contribution in [3.63, 3.8) is 0 Å². The highest BCUT2D eigenvalue weighted by Crippen LogP contribution is 2.43. The van der Waals surface area contributed by atoms with Crippen LogP contribution in [0.2, 0.25) is 0 Å². The number of aliphatic hydroxyl groups excluding tert-OH is 1. The van der Waals surface area contributed by atoms with E-state index >= 15 is 0 Å². The first-order chi connectivity index (χ1) is 11.4. The Hall–Kier alpha value is -2.25. The van der Waals surface area contributed by atoms with Crippen LogP contribution in [0.1, 0.15) is 25.6 Å². The van der Waals surface area contributed by atoms with Gasteiger partial charge in [0, 0.05) is 7.11 Å². The van der Waals surface area contributed by atoms with Gasteiger partial charge in [-0.15, -0.1) is 0 Å². The van der Waals surface area contributed by atoms with Crippen molar-refractivity contribution in [1.29, 1.82) is 5.26 Å². The van der Waals surface area contributed by atoms with Crippen LogP contribution in [0.15, 0.2) is 18.5 Å². The molecule has 1 fully saturated rings. The van der Waals surface area contributed by atoms with Crippen LogP contribution in [-0.2, 0) is 14.2 Å². The fraction of sp³-hybridized carbons (Fsp3) is 0.533. The minimum absolute atomic E-state index is 0.325. The summed E-state index contributed by atoms with van der Waals surface area (Å²) in [6.45, 7) is 2.92. The summed E-state index contributed by atoms with van der Waals surface area (Å²) in [4.78, 5) is 3.95. The number of hydrogen-bond donors (Lipinski definition) is 2. The number of nitrogens with zero attached hydrogens (tertiary/aromatic N) is 4. The summed E-state index contributed by atoms with van der Waals surface area (Å²) in [5.41, 5.74) is 5.53. The Labute approximate surface area is 138 Å². The summed E-state index contributed by atoms with van der Waals surface area (Å²) in [7, 11) is 1.35. The van der Waals surface area contributed by atoms with Gasteiger partial charge in [-0.3, -0.25) is 0 Å². The van der Waals surface area contributed by atoms with Crippen molar-refractivity contribution in [2.24, 2.45) is 0 Å². The lowest BCUT2D eigenvalue weighted by molar-refractivity contribution is -0.172. The number of nitrogen functional groups attached to an aromatic ring is 1. The quantitative estimate of drug-likeness (QED) is 0.823. The van der Waals surface area contributed by atoms with E-state index < -0.39 is 30.2 Å². The van der Waals surface area contributed by atoms with E-state index in [0.29, 0.717) is 17.0 Å². The number of aromatic nitrogens is 3. The highest BCUT2D eigenvalue weighted by Gasteiger charge is 2.55. The molecule has 0 aromatic carbocycles. The molecule has 0 amide bonds. The van der Waals surface area contributed by atoms with Crippen LogP contribution in [0.5, 0.6) is 0 Å². The van der Waals surface area contributed by atoms with Crippen molar-refractivity contribution >= 4 is 11.3 Å². The molecule has 3 heterocycles. The molecule has 2 aromatic rings. The Bertz CT molecular complexity index is 793. The van der Waals surface area contributed by atoms with Crippen LogP contribution >= 0.6 is 0 Å². The van der Waals surface area contributed by atoms with Crippen molar-refractivity contribution in [2.75, 3.05) is 19.5 Å². The molecule has 128 valence electrons. The maximum Gasteiger partial charge on any atom is 0.205 e. The van der Waals surface area contributed by atoms with Gasteiger partial charge in [0.05, 0.1) is 12.3 Å². The number of nitrogens with two attached hydrogens (primary N) is 1. The lowest BCUT2D eigenvalue weighted by Crippen LogP contribution is -2.49. The fourth-order valence-electron chi connectivity index (χ4n) is 2.92. The van der Waals surface area contributed by atoms with E-state index in [1.54, 1.807) is 30.5 Å². The van der Waals surface area contributed by atoms with Gasteiger partial charge >= 0.3 is 0 Å². The van der Waals surface area contributed by atoms with E-state index in [1.807, 2.05) is 6.07 Å². The average molecular weight is 333 g/mol. The molecule has 0 aliphatic carbocycles. The zero-order valence-corrected chi connectivity index (χ0v) is 13.6. The number of nitriles is 1. The third kappa shape index (κ3) is 2.40. The second-order valence-corrected chi connectivity index (χ2v) is 6.04. The monoisotopic (exact) mass is 333 g/mol. The number of aliphatic hydroxyl groups is 1. The summed E-state index contributed by atoms with van der Waals surface area (Å²) in [6, 6.07) is 5.54. The van der Waals surface area contributed by atoms with Gasteiger partial charge in [-0.05, 0) is 26.0 Å². The molecule has 3 N–H and O–H groups in total. The van der Waals surface area contributed by atoms with E-state index in [4.69, 9.17) is 19.9 Å². The van der Waals surface area contributed by atoms with Crippen LogP contribution in [0.25, 0.3) is 5.52 Å². The van der Waals surface area contributed by atoms with Gasteiger partial charge in [0.15, 0.2) is 11.6 Å². The standard InChI is InChI=1S/C15H19N5O4/c1-14(2)23-11(12(24-14)15(6-16,7-21)22-3)9-4-5-10-13(17)18-8-19-20(9)10/h4-5,8,11-12,21H,7H2,1-3H3,(H2,17,18,19)/t11-,12-,15?/m0/s1. The Balaban J connectivity index is 2.13. The number of fused-ring (bicyclic) bond motifs is 1. The van der Waals surface area contributed by atoms with E-state index in [2.05, 4.69) is 10.1 Å². The minimum Gasteiger partial charge on any atom is -0.392 e. The molecule has 3 rings (SSSR count). The third-order valence-electron chi connectivity index (χ3n) is 4.15. The molecular weight excluding hydrogens is 314 g/mol. The van der Waals surface area contributed by atoms with Crippen LogP contribution in [0.4, 0.5) is 5.82 Å².